The van der Waals surface area contributed by atoms with Crippen molar-refractivity contribution in [2.75, 3.05) is 5.32 Å². The molecule has 0 radical (unpaired) electrons. The van der Waals surface area contributed by atoms with E-state index in [1.54, 1.807) is 36.1 Å². The van der Waals surface area contributed by atoms with E-state index in [1.165, 1.54) is 6.20 Å². The molecule has 168 valence electrons. The van der Waals surface area contributed by atoms with Crippen molar-refractivity contribution < 1.29 is 14.3 Å². The molecule has 0 saturated heterocycles. The summed E-state index contributed by atoms with van der Waals surface area (Å²) in [6.07, 6.45) is 3.16. The topological polar surface area (TPSA) is 117 Å². The highest BCUT2D eigenvalue weighted by molar-refractivity contribution is 5.96. The van der Waals surface area contributed by atoms with Gasteiger partial charge >= 0.3 is 0 Å². The number of hydrogen-bond donors (Lipinski definition) is 2. The maximum atomic E-state index is 11.5. The Bertz CT molecular complexity index is 1470. The van der Waals surface area contributed by atoms with Gasteiger partial charge in [0.05, 0.1) is 0 Å². The second-order valence-corrected chi connectivity index (χ2v) is 7.39. The van der Waals surface area contributed by atoms with Gasteiger partial charge in [0.1, 0.15) is 34.1 Å². The quantitative estimate of drug-likeness (QED) is 0.364. The summed E-state index contributed by atoms with van der Waals surface area (Å²) in [6, 6.07) is 21.9. The molecule has 3 heterocycles. The normalized spacial score (nSPS) is 10.7. The van der Waals surface area contributed by atoms with E-state index in [-0.39, 0.29) is 5.69 Å². The summed E-state index contributed by atoms with van der Waals surface area (Å²) in [4.78, 5) is 19.9. The summed E-state index contributed by atoms with van der Waals surface area (Å²) in [5, 5.41) is 8.42. The predicted octanol–water partition coefficient (Wildman–Crippen LogP) is 4.79. The van der Waals surface area contributed by atoms with Crippen LogP contribution in [0.4, 0.5) is 11.5 Å². The number of nitrogens with zero attached hydrogens (tertiary/aromatic N) is 4. The van der Waals surface area contributed by atoms with Crippen LogP contribution in [0, 0.1) is 0 Å². The lowest BCUT2D eigenvalue weighted by molar-refractivity contribution is 0.0995. The number of fused-ring (bicyclic) bond motifs is 1. The van der Waals surface area contributed by atoms with Crippen molar-refractivity contribution in [2.45, 2.75) is 0 Å². The number of nitrogens with one attached hydrogen (secondary N) is 1. The maximum absolute atomic E-state index is 11.5. The van der Waals surface area contributed by atoms with Gasteiger partial charge < -0.3 is 20.5 Å². The minimum absolute atomic E-state index is 0.151. The third-order valence-electron chi connectivity index (χ3n) is 4.99. The molecule has 1 amide bonds. The Morgan fingerprint density at radius 1 is 0.882 bits per heavy atom. The predicted molar refractivity (Wildman–Crippen MR) is 128 cm³/mol. The van der Waals surface area contributed by atoms with Crippen LogP contribution in [0.15, 0.2) is 85.2 Å². The maximum Gasteiger partial charge on any atom is 0.267 e. The number of anilines is 2. The molecule has 3 aromatic heterocycles. The molecule has 34 heavy (non-hydrogen) atoms. The number of pyridine rings is 2. The number of rotatable bonds is 7. The number of hydrogen-bond acceptors (Lipinski definition) is 7. The molecule has 2 aromatic carbocycles. The molecule has 0 aliphatic carbocycles. The molecule has 0 unspecified atom stereocenters. The van der Waals surface area contributed by atoms with Crippen molar-refractivity contribution in [3.63, 3.8) is 0 Å². The molecule has 0 bridgehead atoms. The van der Waals surface area contributed by atoms with Crippen molar-refractivity contribution in [3.05, 3.63) is 90.9 Å². The number of ether oxygens (including phenoxy) is 2. The molecule has 3 N–H and O–H groups in total. The third-order valence-corrected chi connectivity index (χ3v) is 4.99. The van der Waals surface area contributed by atoms with Crippen LogP contribution in [0.25, 0.3) is 11.0 Å². The van der Waals surface area contributed by atoms with Gasteiger partial charge in [0, 0.05) is 31.2 Å². The van der Waals surface area contributed by atoms with Gasteiger partial charge in [-0.3, -0.25) is 9.78 Å². The van der Waals surface area contributed by atoms with E-state index >= 15 is 0 Å². The molecule has 9 nitrogen and oxygen atoms in total. The molecule has 0 spiro atoms. The van der Waals surface area contributed by atoms with Crippen LogP contribution < -0.4 is 20.5 Å². The Kier molecular flexibility index (Phi) is 5.49. The van der Waals surface area contributed by atoms with Gasteiger partial charge in [-0.25, -0.2) is 9.67 Å². The highest BCUT2D eigenvalue weighted by atomic mass is 16.5. The smallest absolute Gasteiger partial charge is 0.267 e. The van der Waals surface area contributed by atoms with Crippen molar-refractivity contribution in [2.24, 2.45) is 12.8 Å². The van der Waals surface area contributed by atoms with Crippen molar-refractivity contribution >= 4 is 28.4 Å². The lowest BCUT2D eigenvalue weighted by Crippen LogP contribution is -2.13. The number of carbonyl (C=O) groups excluding carboxylic acids is 1. The van der Waals surface area contributed by atoms with Gasteiger partial charge in [0.25, 0.3) is 5.91 Å². The average Bonchev–Trinajstić information content (AvgIpc) is 3.17. The second-order valence-electron chi connectivity index (χ2n) is 7.39. The summed E-state index contributed by atoms with van der Waals surface area (Å²) in [5.41, 5.74) is 6.74. The van der Waals surface area contributed by atoms with E-state index in [0.29, 0.717) is 39.8 Å². The van der Waals surface area contributed by atoms with Gasteiger partial charge in [-0.2, -0.15) is 5.10 Å². The van der Waals surface area contributed by atoms with Crippen molar-refractivity contribution in [3.8, 4) is 23.0 Å². The van der Waals surface area contributed by atoms with Crippen LogP contribution in [0.1, 0.15) is 10.5 Å². The Balaban J connectivity index is 1.43. The number of aryl methyl sites for hydroxylation is 1. The zero-order valence-electron chi connectivity index (χ0n) is 18.2. The summed E-state index contributed by atoms with van der Waals surface area (Å²) < 4.78 is 13.7. The summed E-state index contributed by atoms with van der Waals surface area (Å²) >= 11 is 0. The molecule has 5 rings (SSSR count). The molecule has 0 fully saturated rings. The van der Waals surface area contributed by atoms with Crippen molar-refractivity contribution in [1.29, 1.82) is 0 Å². The first-order chi connectivity index (χ1) is 16.6. The van der Waals surface area contributed by atoms with E-state index in [9.17, 15) is 4.79 Å². The van der Waals surface area contributed by atoms with Crippen LogP contribution in [-0.4, -0.2) is 25.7 Å². The molecule has 0 aliphatic rings. The zero-order chi connectivity index (χ0) is 23.5. The summed E-state index contributed by atoms with van der Waals surface area (Å²) in [7, 11) is 1.79. The third kappa shape index (κ3) is 4.35. The van der Waals surface area contributed by atoms with E-state index < -0.39 is 5.91 Å². The van der Waals surface area contributed by atoms with Crippen LogP contribution in [-0.2, 0) is 7.05 Å². The molecular weight excluding hydrogens is 432 g/mol. The Hall–Kier alpha value is -4.92. The van der Waals surface area contributed by atoms with Crippen LogP contribution in [0.5, 0.6) is 23.0 Å². The number of primary amides is 1. The largest absolute Gasteiger partial charge is 0.457 e. The molecular formula is C25H20N6O3. The van der Waals surface area contributed by atoms with Crippen LogP contribution in [0.2, 0.25) is 0 Å². The minimum Gasteiger partial charge on any atom is -0.457 e. The number of amides is 1. The number of benzene rings is 2. The number of para-hydroxylation sites is 1. The Morgan fingerprint density at radius 2 is 1.56 bits per heavy atom. The standard InChI is InChI=1S/C25H20N6O3/c1-31-25-22(24(30-31)29-16-11-13-27-20(15-16)23(26)32)21(12-14-28-25)34-19-9-7-18(8-10-19)33-17-5-3-2-4-6-17/h2-15H,1H3,(H2,26,32)(H,27,29,30). The van der Waals surface area contributed by atoms with E-state index in [4.69, 9.17) is 15.2 Å². The lowest BCUT2D eigenvalue weighted by Gasteiger charge is -2.10. The average molecular weight is 452 g/mol. The highest BCUT2D eigenvalue weighted by Gasteiger charge is 2.16. The second kappa shape index (κ2) is 8.91. The first-order valence-corrected chi connectivity index (χ1v) is 10.4. The Labute approximate surface area is 194 Å². The van der Waals surface area contributed by atoms with Gasteiger partial charge in [0.2, 0.25) is 0 Å². The lowest BCUT2D eigenvalue weighted by atomic mass is 10.2. The van der Waals surface area contributed by atoms with E-state index in [1.807, 2.05) is 54.6 Å². The fourth-order valence-corrected chi connectivity index (χ4v) is 3.43. The molecule has 9 heteroatoms. The van der Waals surface area contributed by atoms with Crippen LogP contribution >= 0.6 is 0 Å². The molecule has 0 atom stereocenters. The zero-order valence-corrected chi connectivity index (χ0v) is 18.2. The van der Waals surface area contributed by atoms with Gasteiger partial charge in [-0.1, -0.05) is 18.2 Å². The van der Waals surface area contributed by atoms with Crippen molar-refractivity contribution in [1.82, 2.24) is 19.7 Å². The Morgan fingerprint density at radius 3 is 2.29 bits per heavy atom. The fourth-order valence-electron chi connectivity index (χ4n) is 3.43. The van der Waals surface area contributed by atoms with Gasteiger partial charge in [-0.05, 0) is 48.5 Å². The first kappa shape index (κ1) is 21.0. The summed E-state index contributed by atoms with van der Waals surface area (Å²) in [5.74, 6) is 2.56. The highest BCUT2D eigenvalue weighted by Crippen LogP contribution is 2.35. The fraction of sp³-hybridized carbons (Fsp3) is 0.0400. The first-order valence-electron chi connectivity index (χ1n) is 10.4. The van der Waals surface area contributed by atoms with Gasteiger partial charge in [-0.15, -0.1) is 0 Å². The minimum atomic E-state index is -0.611. The van der Waals surface area contributed by atoms with Crippen LogP contribution in [0.3, 0.4) is 0 Å². The monoisotopic (exact) mass is 452 g/mol. The molecule has 5 aromatic rings. The molecule has 0 saturated carbocycles. The number of carbonyl (C=O) groups is 1. The number of nitrogens with two attached hydrogens (primary N) is 1. The van der Waals surface area contributed by atoms with E-state index in [2.05, 4.69) is 20.4 Å². The summed E-state index contributed by atoms with van der Waals surface area (Å²) in [6.45, 7) is 0. The molecule has 0 aliphatic heterocycles. The SMILES string of the molecule is Cn1nc(Nc2ccnc(C(N)=O)c2)c2c(Oc3ccc(Oc4ccccc4)cc3)ccnc21. The number of aromatic nitrogens is 4. The van der Waals surface area contributed by atoms with E-state index in [0.717, 1.165) is 5.75 Å². The van der Waals surface area contributed by atoms with Gasteiger partial charge in [0.15, 0.2) is 11.5 Å².